The van der Waals surface area contributed by atoms with E-state index in [1.807, 2.05) is 0 Å². The molecule has 0 N–H and O–H groups in total. The molecule has 0 aliphatic rings. The molecule has 1 heteroatoms. The fourth-order valence-electron chi connectivity index (χ4n) is 3.79. The number of aryl methyl sites for hydroxylation is 1. The van der Waals surface area contributed by atoms with E-state index < -0.39 is 8.07 Å². The van der Waals surface area contributed by atoms with E-state index in [9.17, 15) is 0 Å². The van der Waals surface area contributed by atoms with Crippen molar-refractivity contribution >= 4 is 8.07 Å². The zero-order chi connectivity index (χ0) is 13.9. The third-order valence-corrected chi connectivity index (χ3v) is 12.3. The lowest BCUT2D eigenvalue weighted by Crippen LogP contribution is -2.47. The Bertz CT molecular complexity index is 355. The third-order valence-electron chi connectivity index (χ3n) is 4.82. The topological polar surface area (TPSA) is 0 Å². The summed E-state index contributed by atoms with van der Waals surface area (Å²) >= 11 is 0. The number of benzene rings is 1. The van der Waals surface area contributed by atoms with Crippen molar-refractivity contribution in [3.8, 4) is 0 Å². The average molecular weight is 263 g/mol. The molecule has 0 amide bonds. The summed E-state index contributed by atoms with van der Waals surface area (Å²) in [6.45, 7) is 16.9. The Kier molecular flexibility index (Phi) is 5.21. The standard InChI is InChI=1S/C17H30Si/c1-13(2)18(14(3)4,15(5)6)12-17-10-8-9-16(7)11-17/h8-11,13-15H,12H2,1-7H3. The fraction of sp³-hybridized carbons (Fsp3) is 0.647. The summed E-state index contributed by atoms with van der Waals surface area (Å²) < 4.78 is 0. The van der Waals surface area contributed by atoms with Gasteiger partial charge in [0.15, 0.2) is 0 Å². The third kappa shape index (κ3) is 3.06. The van der Waals surface area contributed by atoms with Crippen molar-refractivity contribution in [1.82, 2.24) is 0 Å². The summed E-state index contributed by atoms with van der Waals surface area (Å²) in [5, 5.41) is 0. The summed E-state index contributed by atoms with van der Waals surface area (Å²) in [6.07, 6.45) is 0. The van der Waals surface area contributed by atoms with Gasteiger partial charge < -0.3 is 0 Å². The van der Waals surface area contributed by atoms with Crippen molar-refractivity contribution in [2.45, 2.75) is 71.1 Å². The van der Waals surface area contributed by atoms with Crippen LogP contribution in [-0.2, 0) is 6.04 Å². The molecule has 0 fully saturated rings. The summed E-state index contributed by atoms with van der Waals surface area (Å²) in [5.74, 6) is 0. The minimum atomic E-state index is -1.29. The van der Waals surface area contributed by atoms with Gasteiger partial charge in [-0.25, -0.2) is 0 Å². The minimum absolute atomic E-state index is 0.845. The van der Waals surface area contributed by atoms with Crippen molar-refractivity contribution in [3.63, 3.8) is 0 Å². The first-order chi connectivity index (χ1) is 8.30. The van der Waals surface area contributed by atoms with Crippen LogP contribution in [0.4, 0.5) is 0 Å². The highest BCUT2D eigenvalue weighted by Crippen LogP contribution is 2.43. The second-order valence-corrected chi connectivity index (χ2v) is 12.8. The lowest BCUT2D eigenvalue weighted by molar-refractivity contribution is 0.797. The maximum Gasteiger partial charge on any atom is 0.0656 e. The Morgan fingerprint density at radius 2 is 1.39 bits per heavy atom. The average Bonchev–Trinajstić information content (AvgIpc) is 2.24. The molecule has 0 aliphatic carbocycles. The van der Waals surface area contributed by atoms with Gasteiger partial charge in [-0.2, -0.15) is 0 Å². The Morgan fingerprint density at radius 1 is 0.889 bits per heavy atom. The van der Waals surface area contributed by atoms with E-state index in [0.717, 1.165) is 16.6 Å². The van der Waals surface area contributed by atoms with Gasteiger partial charge in [-0.05, 0) is 13.0 Å². The molecule has 0 radical (unpaired) electrons. The van der Waals surface area contributed by atoms with Gasteiger partial charge in [0.1, 0.15) is 0 Å². The zero-order valence-electron chi connectivity index (χ0n) is 13.2. The molecule has 0 heterocycles. The highest BCUT2D eigenvalue weighted by Gasteiger charge is 2.42. The van der Waals surface area contributed by atoms with Crippen LogP contribution in [0.1, 0.15) is 52.7 Å². The normalized spacial score (nSPS) is 12.8. The highest BCUT2D eigenvalue weighted by molar-refractivity contribution is 6.83. The van der Waals surface area contributed by atoms with Gasteiger partial charge in [0, 0.05) is 0 Å². The molecule has 0 bridgehead atoms. The molecule has 0 aliphatic heterocycles. The molecule has 0 spiro atoms. The van der Waals surface area contributed by atoms with Crippen LogP contribution in [0.25, 0.3) is 0 Å². The summed E-state index contributed by atoms with van der Waals surface area (Å²) in [6, 6.07) is 10.5. The first-order valence-corrected chi connectivity index (χ1v) is 9.80. The summed E-state index contributed by atoms with van der Waals surface area (Å²) in [5.41, 5.74) is 5.48. The van der Waals surface area contributed by atoms with Crippen LogP contribution >= 0.6 is 0 Å². The van der Waals surface area contributed by atoms with Gasteiger partial charge in [0.05, 0.1) is 8.07 Å². The first kappa shape index (κ1) is 15.5. The molecule has 0 atom stereocenters. The minimum Gasteiger partial charge on any atom is -0.0651 e. The second kappa shape index (κ2) is 6.05. The molecule has 0 aromatic heterocycles. The van der Waals surface area contributed by atoms with Crippen molar-refractivity contribution in [2.24, 2.45) is 0 Å². The van der Waals surface area contributed by atoms with E-state index in [2.05, 4.69) is 72.7 Å². The SMILES string of the molecule is Cc1cccc(C[Si](C(C)C)(C(C)C)C(C)C)c1. The maximum atomic E-state index is 2.45. The van der Waals surface area contributed by atoms with Crippen LogP contribution in [0.2, 0.25) is 16.6 Å². The molecule has 0 saturated heterocycles. The van der Waals surface area contributed by atoms with E-state index >= 15 is 0 Å². The van der Waals surface area contributed by atoms with Crippen LogP contribution in [0.15, 0.2) is 24.3 Å². The highest BCUT2D eigenvalue weighted by atomic mass is 28.3. The number of hydrogen-bond acceptors (Lipinski definition) is 0. The van der Waals surface area contributed by atoms with E-state index in [1.165, 1.54) is 11.6 Å². The van der Waals surface area contributed by atoms with Crippen LogP contribution in [0, 0.1) is 6.92 Å². The van der Waals surface area contributed by atoms with Crippen molar-refractivity contribution in [1.29, 1.82) is 0 Å². The Balaban J connectivity index is 3.12. The van der Waals surface area contributed by atoms with Crippen LogP contribution in [0.3, 0.4) is 0 Å². The molecule has 0 unspecified atom stereocenters. The molecule has 1 aromatic carbocycles. The Morgan fingerprint density at radius 3 is 1.78 bits per heavy atom. The van der Waals surface area contributed by atoms with Crippen molar-refractivity contribution in [3.05, 3.63) is 35.4 Å². The monoisotopic (exact) mass is 262 g/mol. The number of rotatable bonds is 5. The van der Waals surface area contributed by atoms with Crippen LogP contribution < -0.4 is 0 Å². The smallest absolute Gasteiger partial charge is 0.0651 e. The van der Waals surface area contributed by atoms with E-state index in [4.69, 9.17) is 0 Å². The van der Waals surface area contributed by atoms with E-state index in [-0.39, 0.29) is 0 Å². The predicted octanol–water partition coefficient (Wildman–Crippen LogP) is 5.76. The molecule has 0 saturated carbocycles. The van der Waals surface area contributed by atoms with Crippen LogP contribution in [0.5, 0.6) is 0 Å². The van der Waals surface area contributed by atoms with Gasteiger partial charge in [-0.3, -0.25) is 0 Å². The molecular weight excluding hydrogens is 232 g/mol. The molecule has 18 heavy (non-hydrogen) atoms. The Labute approximate surface area is 115 Å². The van der Waals surface area contributed by atoms with E-state index in [1.54, 1.807) is 5.56 Å². The lowest BCUT2D eigenvalue weighted by Gasteiger charge is -2.43. The van der Waals surface area contributed by atoms with E-state index in [0.29, 0.717) is 0 Å². The predicted molar refractivity (Wildman–Crippen MR) is 85.9 cm³/mol. The van der Waals surface area contributed by atoms with Crippen LogP contribution in [-0.4, -0.2) is 8.07 Å². The fourth-order valence-corrected chi connectivity index (χ4v) is 9.94. The number of hydrogen-bond donors (Lipinski definition) is 0. The quantitative estimate of drug-likeness (QED) is 0.592. The molecule has 1 aromatic rings. The lowest BCUT2D eigenvalue weighted by atomic mass is 10.2. The Hall–Kier alpha value is -0.563. The molecule has 102 valence electrons. The zero-order valence-corrected chi connectivity index (χ0v) is 14.2. The van der Waals surface area contributed by atoms with Gasteiger partial charge >= 0.3 is 0 Å². The molecule has 0 nitrogen and oxygen atoms in total. The van der Waals surface area contributed by atoms with Crippen molar-refractivity contribution in [2.75, 3.05) is 0 Å². The maximum absolute atomic E-state index is 2.45. The van der Waals surface area contributed by atoms with Gasteiger partial charge in [-0.1, -0.05) is 93.6 Å². The molecule has 1 rings (SSSR count). The van der Waals surface area contributed by atoms with Gasteiger partial charge in [-0.15, -0.1) is 0 Å². The molecular formula is C17H30Si. The summed E-state index contributed by atoms with van der Waals surface area (Å²) in [4.78, 5) is 0. The second-order valence-electron chi connectivity index (χ2n) is 6.74. The largest absolute Gasteiger partial charge is 0.0656 e. The van der Waals surface area contributed by atoms with Crippen molar-refractivity contribution < 1.29 is 0 Å². The van der Waals surface area contributed by atoms with Gasteiger partial charge in [0.2, 0.25) is 0 Å². The first-order valence-electron chi connectivity index (χ1n) is 7.36. The van der Waals surface area contributed by atoms with Gasteiger partial charge in [0.25, 0.3) is 0 Å². The summed E-state index contributed by atoms with van der Waals surface area (Å²) in [7, 11) is -1.29.